The summed E-state index contributed by atoms with van der Waals surface area (Å²) >= 11 is 0. The number of carbonyl (C=O) groups excluding carboxylic acids is 1. The average Bonchev–Trinajstić information content (AvgIpc) is 2.79. The van der Waals surface area contributed by atoms with Gasteiger partial charge in [-0.1, -0.05) is 13.8 Å². The molecule has 0 spiro atoms. The van der Waals surface area contributed by atoms with Crippen LogP contribution in [0.2, 0.25) is 0 Å². The summed E-state index contributed by atoms with van der Waals surface area (Å²) in [5, 5.41) is 3.24. The molecule has 0 aromatic heterocycles. The number of piperidine rings is 1. The van der Waals surface area contributed by atoms with Gasteiger partial charge in [0.05, 0.1) is 11.5 Å². The van der Waals surface area contributed by atoms with Crippen molar-refractivity contribution in [3.05, 3.63) is 24.3 Å². The zero-order chi connectivity index (χ0) is 23.8. The van der Waals surface area contributed by atoms with E-state index >= 15 is 0 Å². The Bertz CT molecular complexity index is 846. The van der Waals surface area contributed by atoms with Crippen LogP contribution in [-0.2, 0) is 14.8 Å². The third kappa shape index (κ3) is 7.40. The Balaban J connectivity index is 1.70. The summed E-state index contributed by atoms with van der Waals surface area (Å²) in [6.45, 7) is 13.1. The number of amides is 1. The molecule has 2 fully saturated rings. The molecule has 1 N–H and O–H groups in total. The van der Waals surface area contributed by atoms with Crippen molar-refractivity contribution in [2.75, 3.05) is 65.5 Å². The van der Waals surface area contributed by atoms with Crippen LogP contribution in [0.5, 0.6) is 5.75 Å². The molecule has 186 valence electrons. The molecule has 2 atom stereocenters. The van der Waals surface area contributed by atoms with E-state index in [9.17, 15) is 13.2 Å². The third-order valence-electron chi connectivity index (χ3n) is 6.43. The molecular formula is C24H40N4O4S. The zero-order valence-electron chi connectivity index (χ0n) is 20.3. The zero-order valence-corrected chi connectivity index (χ0v) is 21.1. The highest BCUT2D eigenvalue weighted by Crippen LogP contribution is 2.23. The van der Waals surface area contributed by atoms with Crippen LogP contribution in [0, 0.1) is 11.8 Å². The van der Waals surface area contributed by atoms with Gasteiger partial charge in [0.25, 0.3) is 0 Å². The Labute approximate surface area is 199 Å². The first-order valence-corrected chi connectivity index (χ1v) is 13.7. The van der Waals surface area contributed by atoms with Crippen molar-refractivity contribution >= 4 is 15.9 Å². The summed E-state index contributed by atoms with van der Waals surface area (Å²) in [6, 6.07) is 6.57. The Morgan fingerprint density at radius 1 is 1.09 bits per heavy atom. The van der Waals surface area contributed by atoms with Crippen LogP contribution in [0.3, 0.4) is 0 Å². The summed E-state index contributed by atoms with van der Waals surface area (Å²) in [5.41, 5.74) is 0. The normalized spacial score (nSPS) is 22.5. The van der Waals surface area contributed by atoms with Crippen molar-refractivity contribution in [1.29, 1.82) is 0 Å². The van der Waals surface area contributed by atoms with E-state index in [0.29, 0.717) is 50.4 Å². The molecule has 1 aromatic carbocycles. The van der Waals surface area contributed by atoms with E-state index in [-0.39, 0.29) is 23.8 Å². The van der Waals surface area contributed by atoms with Gasteiger partial charge in [-0.3, -0.25) is 4.79 Å². The van der Waals surface area contributed by atoms with Gasteiger partial charge in [-0.15, -0.1) is 0 Å². The van der Waals surface area contributed by atoms with Gasteiger partial charge in [-0.25, -0.2) is 8.42 Å². The van der Waals surface area contributed by atoms with Crippen LogP contribution < -0.4 is 10.1 Å². The van der Waals surface area contributed by atoms with E-state index in [1.807, 2.05) is 11.8 Å². The van der Waals surface area contributed by atoms with Crippen molar-refractivity contribution in [2.45, 2.75) is 38.5 Å². The molecule has 0 aliphatic carbocycles. The van der Waals surface area contributed by atoms with Crippen LogP contribution in [0.4, 0.5) is 0 Å². The van der Waals surface area contributed by atoms with Crippen LogP contribution in [0.25, 0.3) is 0 Å². The van der Waals surface area contributed by atoms with Crippen molar-refractivity contribution in [3.8, 4) is 5.75 Å². The van der Waals surface area contributed by atoms with E-state index in [2.05, 4.69) is 24.1 Å². The van der Waals surface area contributed by atoms with E-state index < -0.39 is 10.0 Å². The molecule has 9 heteroatoms. The number of hydrogen-bond donors (Lipinski definition) is 1. The van der Waals surface area contributed by atoms with E-state index in [4.69, 9.17) is 4.74 Å². The Morgan fingerprint density at radius 2 is 1.73 bits per heavy atom. The molecule has 2 aliphatic rings. The number of sulfonamides is 1. The topological polar surface area (TPSA) is 82.2 Å². The maximum Gasteiger partial charge on any atom is 0.243 e. The SMILES string of the molecule is CCOc1ccc(S(=O)(=O)N(CCC(=O)N2CCNCC2)CCN2C[C@H](C)C[C@@H](C)C2)cc1. The quantitative estimate of drug-likeness (QED) is 0.551. The fourth-order valence-electron chi connectivity index (χ4n) is 4.90. The molecule has 8 nitrogen and oxygen atoms in total. The van der Waals surface area contributed by atoms with Crippen molar-refractivity contribution in [3.63, 3.8) is 0 Å². The fourth-order valence-corrected chi connectivity index (χ4v) is 6.33. The first kappa shape index (κ1) is 25.9. The molecule has 0 unspecified atom stereocenters. The number of hydrogen-bond acceptors (Lipinski definition) is 6. The number of benzene rings is 1. The summed E-state index contributed by atoms with van der Waals surface area (Å²) in [6.07, 6.45) is 1.41. The Hall–Kier alpha value is -1.68. The first-order chi connectivity index (χ1) is 15.8. The summed E-state index contributed by atoms with van der Waals surface area (Å²) in [4.78, 5) is 17.1. The molecule has 2 heterocycles. The highest BCUT2D eigenvalue weighted by Gasteiger charge is 2.28. The average molecular weight is 481 g/mol. The van der Waals surface area contributed by atoms with Crippen LogP contribution in [-0.4, -0.2) is 93.9 Å². The summed E-state index contributed by atoms with van der Waals surface area (Å²) < 4.78 is 34.0. The van der Waals surface area contributed by atoms with Gasteiger partial charge < -0.3 is 19.9 Å². The van der Waals surface area contributed by atoms with Gasteiger partial charge in [-0.2, -0.15) is 4.31 Å². The van der Waals surface area contributed by atoms with Gasteiger partial charge in [0.15, 0.2) is 0 Å². The van der Waals surface area contributed by atoms with Crippen LogP contribution in [0.15, 0.2) is 29.2 Å². The molecule has 33 heavy (non-hydrogen) atoms. The lowest BCUT2D eigenvalue weighted by Crippen LogP contribution is -2.48. The van der Waals surface area contributed by atoms with E-state index in [1.165, 1.54) is 10.7 Å². The van der Waals surface area contributed by atoms with Gasteiger partial charge in [0.2, 0.25) is 15.9 Å². The van der Waals surface area contributed by atoms with Gasteiger partial charge in [0.1, 0.15) is 5.75 Å². The molecule has 1 aromatic rings. The lowest BCUT2D eigenvalue weighted by molar-refractivity contribution is -0.131. The lowest BCUT2D eigenvalue weighted by atomic mass is 9.92. The summed E-state index contributed by atoms with van der Waals surface area (Å²) in [7, 11) is -3.72. The molecule has 2 aliphatic heterocycles. The molecule has 1 amide bonds. The molecule has 2 saturated heterocycles. The Morgan fingerprint density at radius 3 is 2.33 bits per heavy atom. The minimum absolute atomic E-state index is 0.0172. The molecule has 3 rings (SSSR count). The minimum atomic E-state index is -3.72. The predicted molar refractivity (Wildman–Crippen MR) is 130 cm³/mol. The number of ether oxygens (including phenoxy) is 1. The van der Waals surface area contributed by atoms with Crippen LogP contribution >= 0.6 is 0 Å². The lowest BCUT2D eigenvalue weighted by Gasteiger charge is -2.36. The van der Waals surface area contributed by atoms with Crippen LogP contribution in [0.1, 0.15) is 33.6 Å². The van der Waals surface area contributed by atoms with E-state index in [1.54, 1.807) is 24.3 Å². The van der Waals surface area contributed by atoms with Crippen molar-refractivity contribution < 1.29 is 17.9 Å². The Kier molecular flexibility index (Phi) is 9.55. The summed E-state index contributed by atoms with van der Waals surface area (Å²) in [5.74, 6) is 1.88. The second-order valence-electron chi connectivity index (χ2n) is 9.39. The number of carbonyl (C=O) groups is 1. The number of likely N-dealkylation sites (tertiary alicyclic amines) is 1. The highest BCUT2D eigenvalue weighted by molar-refractivity contribution is 7.89. The van der Waals surface area contributed by atoms with Crippen molar-refractivity contribution in [2.24, 2.45) is 11.8 Å². The fraction of sp³-hybridized carbons (Fsp3) is 0.708. The first-order valence-electron chi connectivity index (χ1n) is 12.2. The van der Waals surface area contributed by atoms with Gasteiger partial charge in [0, 0.05) is 65.3 Å². The molecule has 0 saturated carbocycles. The third-order valence-corrected chi connectivity index (χ3v) is 8.34. The van der Waals surface area contributed by atoms with Gasteiger partial charge >= 0.3 is 0 Å². The highest BCUT2D eigenvalue weighted by atomic mass is 32.2. The number of rotatable bonds is 10. The molecule has 0 bridgehead atoms. The number of piperazine rings is 1. The van der Waals surface area contributed by atoms with Crippen molar-refractivity contribution in [1.82, 2.24) is 19.4 Å². The molecular weight excluding hydrogens is 440 g/mol. The predicted octanol–water partition coefficient (Wildman–Crippen LogP) is 1.88. The second kappa shape index (κ2) is 12.1. The van der Waals surface area contributed by atoms with E-state index in [0.717, 1.165) is 26.2 Å². The second-order valence-corrected chi connectivity index (χ2v) is 11.3. The number of nitrogens with zero attached hydrogens (tertiary/aromatic N) is 3. The standard InChI is InChI=1S/C24H40N4O4S/c1-4-32-22-5-7-23(8-6-22)33(30,31)28(12-9-24(29)27-13-10-25-11-14-27)16-15-26-18-20(2)17-21(3)19-26/h5-8,20-21,25H,4,9-19H2,1-3H3/t20-,21-/m1/s1. The smallest absolute Gasteiger partial charge is 0.243 e. The van der Waals surface area contributed by atoms with Gasteiger partial charge in [-0.05, 0) is 49.4 Å². The largest absolute Gasteiger partial charge is 0.494 e. The number of nitrogens with one attached hydrogen (secondary N) is 1. The monoisotopic (exact) mass is 480 g/mol. The minimum Gasteiger partial charge on any atom is -0.494 e. The maximum atomic E-state index is 13.5. The maximum absolute atomic E-state index is 13.5. The molecule has 0 radical (unpaired) electrons.